The van der Waals surface area contributed by atoms with Crippen LogP contribution in [0.4, 0.5) is 0 Å². The lowest BCUT2D eigenvalue weighted by atomic mass is 10.4. The van der Waals surface area contributed by atoms with Crippen molar-refractivity contribution in [2.24, 2.45) is 0 Å². The second-order valence-corrected chi connectivity index (χ2v) is 8.54. The molecule has 2 heterocycles. The van der Waals surface area contributed by atoms with Crippen LogP contribution in [0.1, 0.15) is 16.2 Å². The molecule has 0 unspecified atom stereocenters. The van der Waals surface area contributed by atoms with E-state index in [0.29, 0.717) is 0 Å². The zero-order valence-corrected chi connectivity index (χ0v) is 13.6. The van der Waals surface area contributed by atoms with E-state index in [9.17, 15) is 13.2 Å². The molecule has 2 aromatic heterocycles. The van der Waals surface area contributed by atoms with Crippen molar-refractivity contribution in [1.29, 1.82) is 0 Å². The predicted molar refractivity (Wildman–Crippen MR) is 83.9 cm³/mol. The summed E-state index contributed by atoms with van der Waals surface area (Å²) in [6.07, 6.45) is -0.381. The molecule has 0 atom stereocenters. The fraction of sp³-hybridized carbons (Fsp3) is 0.308. The lowest BCUT2D eigenvalue weighted by molar-refractivity contribution is -0.136. The topological polar surface area (TPSA) is 74.7 Å². The van der Waals surface area contributed by atoms with Gasteiger partial charge in [-0.3, -0.25) is 4.79 Å². The number of sulfonamides is 1. The third kappa shape index (κ3) is 4.92. The van der Waals surface area contributed by atoms with Gasteiger partial charge in [-0.15, -0.1) is 22.7 Å². The van der Waals surface area contributed by atoms with E-state index in [0.717, 1.165) is 9.75 Å². The number of thiophene rings is 2. The Morgan fingerprint density at radius 2 is 1.62 bits per heavy atom. The van der Waals surface area contributed by atoms with Crippen molar-refractivity contribution >= 4 is 38.7 Å². The SMILES string of the molecule is O=C(O)CCS(=O)(=O)N(Cc1cccs1)Cc1cccs1. The van der Waals surface area contributed by atoms with Gasteiger partial charge in [0.1, 0.15) is 0 Å². The van der Waals surface area contributed by atoms with E-state index >= 15 is 0 Å². The number of carboxylic acid groups (broad SMARTS) is 1. The van der Waals surface area contributed by atoms with Gasteiger partial charge in [0, 0.05) is 22.8 Å². The Kier molecular flexibility index (Phi) is 5.51. The molecular weight excluding hydrogens is 330 g/mol. The summed E-state index contributed by atoms with van der Waals surface area (Å²) in [4.78, 5) is 12.5. The van der Waals surface area contributed by atoms with Crippen molar-refractivity contribution in [3.8, 4) is 0 Å². The average Bonchev–Trinajstić information content (AvgIpc) is 3.09. The van der Waals surface area contributed by atoms with Crippen LogP contribution in [-0.2, 0) is 27.9 Å². The molecule has 0 aliphatic carbocycles. The Balaban J connectivity index is 2.15. The Morgan fingerprint density at radius 1 is 1.10 bits per heavy atom. The quantitative estimate of drug-likeness (QED) is 0.798. The molecule has 0 amide bonds. The van der Waals surface area contributed by atoms with E-state index in [2.05, 4.69) is 0 Å². The highest BCUT2D eigenvalue weighted by Crippen LogP contribution is 2.20. The fourth-order valence-corrected chi connectivity index (χ4v) is 4.72. The average molecular weight is 345 g/mol. The van der Waals surface area contributed by atoms with Crippen molar-refractivity contribution in [3.63, 3.8) is 0 Å². The van der Waals surface area contributed by atoms with Crippen LogP contribution in [0.15, 0.2) is 35.0 Å². The Hall–Kier alpha value is -1.22. The fourth-order valence-electron chi connectivity index (χ4n) is 1.75. The zero-order chi connectivity index (χ0) is 15.3. The lowest BCUT2D eigenvalue weighted by Gasteiger charge is -2.20. The van der Waals surface area contributed by atoms with Gasteiger partial charge in [0.25, 0.3) is 0 Å². The first-order chi connectivity index (χ1) is 9.97. The molecule has 0 spiro atoms. The number of rotatable bonds is 8. The summed E-state index contributed by atoms with van der Waals surface area (Å²) in [5, 5.41) is 12.5. The first kappa shape index (κ1) is 16.2. The van der Waals surface area contributed by atoms with Crippen LogP contribution >= 0.6 is 22.7 Å². The van der Waals surface area contributed by atoms with E-state index < -0.39 is 16.0 Å². The first-order valence-corrected chi connectivity index (χ1v) is 9.58. The van der Waals surface area contributed by atoms with Gasteiger partial charge < -0.3 is 5.11 Å². The second kappa shape index (κ2) is 7.17. The molecule has 0 radical (unpaired) electrons. The van der Waals surface area contributed by atoms with Gasteiger partial charge in [0.15, 0.2) is 0 Å². The van der Waals surface area contributed by atoms with Gasteiger partial charge in [-0.1, -0.05) is 12.1 Å². The maximum absolute atomic E-state index is 12.4. The molecule has 0 bridgehead atoms. The van der Waals surface area contributed by atoms with Gasteiger partial charge in [-0.25, -0.2) is 8.42 Å². The normalized spacial score (nSPS) is 11.9. The Morgan fingerprint density at radius 3 is 2.00 bits per heavy atom. The van der Waals surface area contributed by atoms with E-state index in [1.54, 1.807) is 0 Å². The number of hydrogen-bond acceptors (Lipinski definition) is 5. The molecule has 1 N–H and O–H groups in total. The molecule has 0 saturated heterocycles. The van der Waals surface area contributed by atoms with Crippen LogP contribution in [0.5, 0.6) is 0 Å². The molecule has 8 heteroatoms. The Labute approximate surface area is 131 Å². The van der Waals surface area contributed by atoms with E-state index in [4.69, 9.17) is 5.11 Å². The van der Waals surface area contributed by atoms with Crippen LogP contribution in [0.3, 0.4) is 0 Å². The largest absolute Gasteiger partial charge is 0.481 e. The highest BCUT2D eigenvalue weighted by atomic mass is 32.2. The number of aliphatic carboxylic acids is 1. The first-order valence-electron chi connectivity index (χ1n) is 6.22. The molecule has 0 aliphatic heterocycles. The molecule has 21 heavy (non-hydrogen) atoms. The van der Waals surface area contributed by atoms with E-state index in [-0.39, 0.29) is 25.3 Å². The van der Waals surface area contributed by atoms with Crippen molar-refractivity contribution < 1.29 is 18.3 Å². The van der Waals surface area contributed by atoms with Crippen molar-refractivity contribution in [2.45, 2.75) is 19.5 Å². The molecule has 114 valence electrons. The lowest BCUT2D eigenvalue weighted by Crippen LogP contribution is -2.32. The molecule has 0 fully saturated rings. The molecule has 5 nitrogen and oxygen atoms in total. The molecule has 2 aromatic rings. The summed E-state index contributed by atoms with van der Waals surface area (Å²) in [5.41, 5.74) is 0. The van der Waals surface area contributed by atoms with Gasteiger partial charge in [0.2, 0.25) is 10.0 Å². The van der Waals surface area contributed by atoms with Crippen LogP contribution in [0.2, 0.25) is 0 Å². The number of hydrogen-bond donors (Lipinski definition) is 1. The molecule has 0 saturated carbocycles. The van der Waals surface area contributed by atoms with Gasteiger partial charge in [-0.05, 0) is 22.9 Å². The van der Waals surface area contributed by atoms with Crippen LogP contribution in [0.25, 0.3) is 0 Å². The highest BCUT2D eigenvalue weighted by Gasteiger charge is 2.24. The van der Waals surface area contributed by atoms with E-state index in [1.165, 1.54) is 27.0 Å². The van der Waals surface area contributed by atoms with Crippen molar-refractivity contribution in [1.82, 2.24) is 4.31 Å². The predicted octanol–water partition coefficient (Wildman–Crippen LogP) is 2.62. The summed E-state index contributed by atoms with van der Waals surface area (Å²) >= 11 is 2.97. The van der Waals surface area contributed by atoms with Gasteiger partial charge in [-0.2, -0.15) is 4.31 Å². The number of nitrogens with zero attached hydrogens (tertiary/aromatic N) is 1. The molecule has 0 aromatic carbocycles. The van der Waals surface area contributed by atoms with Crippen molar-refractivity contribution in [2.75, 3.05) is 5.75 Å². The molecular formula is C13H15NO4S3. The third-order valence-electron chi connectivity index (χ3n) is 2.79. The minimum absolute atomic E-state index is 0.275. The Bertz CT molecular complexity index is 626. The standard InChI is InChI=1S/C13H15NO4S3/c15-13(16)5-8-21(17,18)14(9-11-3-1-6-19-11)10-12-4-2-7-20-12/h1-4,6-7H,5,8-10H2,(H,15,16). The second-order valence-electron chi connectivity index (χ2n) is 4.39. The molecule has 2 rings (SSSR count). The maximum atomic E-state index is 12.4. The summed E-state index contributed by atoms with van der Waals surface area (Å²) in [5.74, 6) is -1.48. The van der Waals surface area contributed by atoms with E-state index in [1.807, 2.05) is 35.0 Å². The maximum Gasteiger partial charge on any atom is 0.304 e. The number of carboxylic acids is 1. The summed E-state index contributed by atoms with van der Waals surface area (Å²) in [7, 11) is -3.60. The summed E-state index contributed by atoms with van der Waals surface area (Å²) in [6, 6.07) is 7.48. The summed E-state index contributed by atoms with van der Waals surface area (Å²) in [6.45, 7) is 0.551. The monoisotopic (exact) mass is 345 g/mol. The third-order valence-corrected chi connectivity index (χ3v) is 6.28. The smallest absolute Gasteiger partial charge is 0.304 e. The minimum Gasteiger partial charge on any atom is -0.481 e. The zero-order valence-electron chi connectivity index (χ0n) is 11.1. The van der Waals surface area contributed by atoms with Crippen LogP contribution < -0.4 is 0 Å². The van der Waals surface area contributed by atoms with Gasteiger partial charge >= 0.3 is 5.97 Å². The van der Waals surface area contributed by atoms with Crippen molar-refractivity contribution in [3.05, 3.63) is 44.8 Å². The number of carbonyl (C=O) groups is 1. The van der Waals surface area contributed by atoms with Crippen LogP contribution in [0, 0.1) is 0 Å². The van der Waals surface area contributed by atoms with Crippen LogP contribution in [-0.4, -0.2) is 29.6 Å². The van der Waals surface area contributed by atoms with Gasteiger partial charge in [0.05, 0.1) is 12.2 Å². The minimum atomic E-state index is -3.60. The summed E-state index contributed by atoms with van der Waals surface area (Å²) < 4.78 is 26.1. The highest BCUT2D eigenvalue weighted by molar-refractivity contribution is 7.89. The molecule has 0 aliphatic rings.